The van der Waals surface area contributed by atoms with Gasteiger partial charge in [0.15, 0.2) is 11.5 Å². The fourth-order valence-corrected chi connectivity index (χ4v) is 3.07. The van der Waals surface area contributed by atoms with E-state index in [1.54, 1.807) is 6.08 Å². The third kappa shape index (κ3) is 5.61. The molecule has 1 aliphatic heterocycles. The Morgan fingerprint density at radius 2 is 2.07 bits per heavy atom. The summed E-state index contributed by atoms with van der Waals surface area (Å²) >= 11 is 0. The number of Topliss-reactive ketones (excluding diaryl/α,β-unsaturated/α-hetero) is 1. The molecule has 0 fully saturated rings. The lowest BCUT2D eigenvalue weighted by Crippen LogP contribution is -2.39. The van der Waals surface area contributed by atoms with Crippen molar-refractivity contribution in [2.45, 2.75) is 59.9 Å². The zero-order valence-electron chi connectivity index (χ0n) is 17.6. The van der Waals surface area contributed by atoms with E-state index in [4.69, 9.17) is 15.2 Å². The molecule has 1 atom stereocenters. The van der Waals surface area contributed by atoms with Crippen LogP contribution in [0.3, 0.4) is 0 Å². The fourth-order valence-electron chi connectivity index (χ4n) is 3.07. The molecule has 0 bridgehead atoms. The summed E-state index contributed by atoms with van der Waals surface area (Å²) in [5.74, 6) is 0.782. The van der Waals surface area contributed by atoms with Gasteiger partial charge in [0.05, 0.1) is 12.6 Å². The first-order valence-corrected chi connectivity index (χ1v) is 9.97. The fraction of sp³-hybridized carbons (Fsp3) is 0.619. The maximum atomic E-state index is 12.2. The lowest BCUT2D eigenvalue weighted by molar-refractivity contribution is -0.118. The number of carbonyl (C=O) groups is 2. The van der Waals surface area contributed by atoms with Gasteiger partial charge in [-0.3, -0.25) is 4.79 Å². The Balaban J connectivity index is 2.51. The van der Waals surface area contributed by atoms with Crippen molar-refractivity contribution in [1.29, 1.82) is 0 Å². The van der Waals surface area contributed by atoms with Crippen molar-refractivity contribution < 1.29 is 19.1 Å². The number of ketones is 1. The van der Waals surface area contributed by atoms with E-state index in [-0.39, 0.29) is 17.6 Å². The molecule has 7 heteroatoms. The van der Waals surface area contributed by atoms with Crippen LogP contribution in [0.4, 0.5) is 4.79 Å². The molecule has 156 valence electrons. The van der Waals surface area contributed by atoms with Crippen LogP contribution < -0.4 is 11.1 Å². The molecular formula is C21H33N3O4. The Bertz CT molecular complexity index is 701. The zero-order valence-corrected chi connectivity index (χ0v) is 17.6. The summed E-state index contributed by atoms with van der Waals surface area (Å²) in [5.41, 5.74) is 7.48. The van der Waals surface area contributed by atoms with Crippen LogP contribution in [0.2, 0.25) is 0 Å². The number of unbranched alkanes of at least 4 members (excludes halogenated alkanes) is 1. The summed E-state index contributed by atoms with van der Waals surface area (Å²) in [4.78, 5) is 26.2. The average Bonchev–Trinajstić information content (AvgIpc) is 2.58. The molecule has 1 unspecified atom stereocenters. The van der Waals surface area contributed by atoms with Crippen LogP contribution in [0.5, 0.6) is 0 Å². The van der Waals surface area contributed by atoms with Crippen molar-refractivity contribution in [2.24, 2.45) is 11.1 Å². The quantitative estimate of drug-likeness (QED) is 0.647. The number of fused-ring (bicyclic) bond motifs is 1. The molecule has 0 saturated carbocycles. The highest BCUT2D eigenvalue weighted by Gasteiger charge is 2.35. The lowest BCUT2D eigenvalue weighted by Gasteiger charge is -2.36. The molecule has 1 aliphatic carbocycles. The van der Waals surface area contributed by atoms with Crippen molar-refractivity contribution in [2.75, 3.05) is 19.7 Å². The molecule has 2 rings (SSSR count). The minimum atomic E-state index is -0.684. The topological polar surface area (TPSA) is 93.9 Å². The highest BCUT2D eigenvalue weighted by molar-refractivity contribution is 5.91. The maximum absolute atomic E-state index is 12.2. The van der Waals surface area contributed by atoms with E-state index in [0.29, 0.717) is 31.3 Å². The Hall–Kier alpha value is -2.28. The van der Waals surface area contributed by atoms with Crippen molar-refractivity contribution >= 4 is 11.9 Å². The van der Waals surface area contributed by atoms with Crippen LogP contribution in [0, 0.1) is 5.41 Å². The molecule has 0 aromatic heterocycles. The summed E-state index contributed by atoms with van der Waals surface area (Å²) in [5, 5.41) is 2.66. The summed E-state index contributed by atoms with van der Waals surface area (Å²) < 4.78 is 11.7. The van der Waals surface area contributed by atoms with Gasteiger partial charge in [0.25, 0.3) is 0 Å². The second-order valence-electron chi connectivity index (χ2n) is 8.35. The van der Waals surface area contributed by atoms with Gasteiger partial charge in [-0.15, -0.1) is 0 Å². The molecule has 28 heavy (non-hydrogen) atoms. The van der Waals surface area contributed by atoms with Crippen molar-refractivity contribution in [3.63, 3.8) is 0 Å². The summed E-state index contributed by atoms with van der Waals surface area (Å²) in [6.45, 7) is 11.7. The summed E-state index contributed by atoms with van der Waals surface area (Å²) in [6.07, 6.45) is 5.13. The first-order chi connectivity index (χ1) is 13.2. The number of nitrogens with two attached hydrogens (primary N) is 1. The second-order valence-corrected chi connectivity index (χ2v) is 8.35. The predicted octanol–water partition coefficient (Wildman–Crippen LogP) is 3.19. The molecule has 0 radical (unpaired) electrons. The monoisotopic (exact) mass is 391 g/mol. The van der Waals surface area contributed by atoms with Gasteiger partial charge in [0.2, 0.25) is 5.88 Å². The molecule has 0 aromatic carbocycles. The smallest absolute Gasteiger partial charge is 0.414 e. The number of allylic oxidation sites excluding steroid dienone is 1. The SMILES string of the molecule is CCCCOC1=C(OC(=O)NCC)N(CC(C)(C)C)C=C2CC(=O)C(N)C=C21. The molecule has 3 N–H and O–H groups in total. The van der Waals surface area contributed by atoms with E-state index >= 15 is 0 Å². The predicted molar refractivity (Wildman–Crippen MR) is 108 cm³/mol. The van der Waals surface area contributed by atoms with Gasteiger partial charge >= 0.3 is 6.09 Å². The minimum absolute atomic E-state index is 0.0355. The van der Waals surface area contributed by atoms with Crippen LogP contribution in [0.1, 0.15) is 53.9 Å². The standard InChI is InChI=1S/C21H33N3O4/c1-6-8-9-27-18-15-11-16(22)17(25)10-14(15)12-24(13-21(3,4)5)19(18)28-20(26)23-7-2/h11-12,16H,6-10,13,22H2,1-5H3,(H,23,26). The zero-order chi connectivity index (χ0) is 20.9. The van der Waals surface area contributed by atoms with Crippen LogP contribution in [0.25, 0.3) is 0 Å². The van der Waals surface area contributed by atoms with Gasteiger partial charge < -0.3 is 25.4 Å². The van der Waals surface area contributed by atoms with Crippen molar-refractivity contribution in [1.82, 2.24) is 10.2 Å². The normalized spacial score (nSPS) is 19.7. The van der Waals surface area contributed by atoms with E-state index in [9.17, 15) is 9.59 Å². The minimum Gasteiger partial charge on any atom is -0.487 e. The highest BCUT2D eigenvalue weighted by Crippen LogP contribution is 2.37. The first-order valence-electron chi connectivity index (χ1n) is 9.97. The lowest BCUT2D eigenvalue weighted by atomic mass is 9.87. The number of nitrogens with one attached hydrogen (secondary N) is 1. The number of nitrogens with zero attached hydrogens (tertiary/aromatic N) is 1. The number of hydrogen-bond acceptors (Lipinski definition) is 6. The van der Waals surface area contributed by atoms with Gasteiger partial charge in [-0.05, 0) is 30.4 Å². The number of carbonyl (C=O) groups excluding carboxylic acids is 2. The third-order valence-corrected chi connectivity index (χ3v) is 4.34. The number of ether oxygens (including phenoxy) is 2. The molecule has 1 heterocycles. The molecule has 0 saturated heterocycles. The Kier molecular flexibility index (Phi) is 7.29. The third-order valence-electron chi connectivity index (χ3n) is 4.34. The van der Waals surface area contributed by atoms with Crippen LogP contribution in [0.15, 0.2) is 35.1 Å². The highest BCUT2D eigenvalue weighted by atomic mass is 16.6. The first kappa shape index (κ1) is 22.0. The van der Waals surface area contributed by atoms with Gasteiger partial charge in [-0.1, -0.05) is 34.1 Å². The van der Waals surface area contributed by atoms with Crippen LogP contribution in [-0.4, -0.2) is 42.5 Å². The number of amides is 1. The maximum Gasteiger partial charge on any atom is 0.414 e. The molecule has 1 amide bonds. The van der Waals surface area contributed by atoms with Crippen LogP contribution >= 0.6 is 0 Å². The Morgan fingerprint density at radius 1 is 1.36 bits per heavy atom. The Labute approximate surface area is 167 Å². The van der Waals surface area contributed by atoms with E-state index in [1.807, 2.05) is 18.0 Å². The number of rotatable bonds is 7. The van der Waals surface area contributed by atoms with E-state index < -0.39 is 12.1 Å². The summed E-state index contributed by atoms with van der Waals surface area (Å²) in [7, 11) is 0. The molecule has 0 aromatic rings. The van der Waals surface area contributed by atoms with Crippen molar-refractivity contribution in [3.8, 4) is 0 Å². The largest absolute Gasteiger partial charge is 0.487 e. The van der Waals surface area contributed by atoms with Gasteiger partial charge in [0.1, 0.15) is 0 Å². The summed E-state index contributed by atoms with van der Waals surface area (Å²) in [6, 6.07) is -0.684. The Morgan fingerprint density at radius 3 is 2.68 bits per heavy atom. The molecule has 7 nitrogen and oxygen atoms in total. The number of alkyl carbamates (subject to hydrolysis) is 1. The van der Waals surface area contributed by atoms with E-state index in [2.05, 4.69) is 33.0 Å². The van der Waals surface area contributed by atoms with E-state index in [0.717, 1.165) is 24.0 Å². The number of hydrogen-bond donors (Lipinski definition) is 2. The van der Waals surface area contributed by atoms with Crippen LogP contribution in [-0.2, 0) is 14.3 Å². The van der Waals surface area contributed by atoms with Crippen molar-refractivity contribution in [3.05, 3.63) is 35.1 Å². The molecule has 2 aliphatic rings. The molecular weight excluding hydrogens is 358 g/mol. The molecule has 0 spiro atoms. The van der Waals surface area contributed by atoms with E-state index in [1.165, 1.54) is 0 Å². The van der Waals surface area contributed by atoms with Gasteiger partial charge in [0, 0.05) is 31.3 Å². The van der Waals surface area contributed by atoms with Gasteiger partial charge in [-0.2, -0.15) is 0 Å². The average molecular weight is 392 g/mol. The second kappa shape index (κ2) is 9.28. The van der Waals surface area contributed by atoms with Gasteiger partial charge in [-0.25, -0.2) is 4.79 Å².